The number of aliphatic hydroxyl groups is 1. The smallest absolute Gasteiger partial charge is 0.165 e. The van der Waals surface area contributed by atoms with E-state index < -0.39 is 0 Å². The molecular formula is C15H22FNO2. The summed E-state index contributed by atoms with van der Waals surface area (Å²) in [6.07, 6.45) is 1.84. The van der Waals surface area contributed by atoms with E-state index in [1.165, 1.54) is 6.07 Å². The third kappa shape index (κ3) is 4.18. The summed E-state index contributed by atoms with van der Waals surface area (Å²) in [7, 11) is 0. The number of likely N-dealkylation sites (tertiary alicyclic amines) is 1. The van der Waals surface area contributed by atoms with E-state index in [4.69, 9.17) is 4.74 Å². The lowest BCUT2D eigenvalue weighted by Crippen LogP contribution is -2.39. The van der Waals surface area contributed by atoms with Crippen LogP contribution in [0.4, 0.5) is 4.39 Å². The SMILES string of the molecule is CC(O)C1CCN(CCOc2ccccc2F)CC1. The standard InChI is InChI=1S/C15H22FNO2/c1-12(18)13-6-8-17(9-7-13)10-11-19-15-5-3-2-4-14(15)16/h2-5,12-13,18H,6-11H2,1H3. The second-order valence-corrected chi connectivity index (χ2v) is 5.20. The Labute approximate surface area is 114 Å². The fourth-order valence-corrected chi connectivity index (χ4v) is 2.51. The molecule has 1 unspecified atom stereocenters. The van der Waals surface area contributed by atoms with E-state index >= 15 is 0 Å². The van der Waals surface area contributed by atoms with E-state index in [0.29, 0.717) is 18.3 Å². The van der Waals surface area contributed by atoms with Gasteiger partial charge >= 0.3 is 0 Å². The molecule has 0 spiro atoms. The molecule has 106 valence electrons. The van der Waals surface area contributed by atoms with Crippen LogP contribution in [0.1, 0.15) is 19.8 Å². The van der Waals surface area contributed by atoms with Crippen molar-refractivity contribution in [3.63, 3.8) is 0 Å². The van der Waals surface area contributed by atoms with Gasteiger partial charge in [0.15, 0.2) is 11.6 Å². The molecule has 1 N–H and O–H groups in total. The molecule has 1 fully saturated rings. The minimum absolute atomic E-state index is 0.211. The number of rotatable bonds is 5. The number of piperidine rings is 1. The highest BCUT2D eigenvalue weighted by molar-refractivity contribution is 5.23. The van der Waals surface area contributed by atoms with E-state index in [9.17, 15) is 9.50 Å². The molecule has 1 saturated heterocycles. The average Bonchev–Trinajstić information content (AvgIpc) is 2.41. The van der Waals surface area contributed by atoms with Gasteiger partial charge in [-0.05, 0) is 50.9 Å². The normalized spacial score (nSPS) is 19.3. The molecule has 0 aliphatic carbocycles. The van der Waals surface area contributed by atoms with Gasteiger partial charge in [0.25, 0.3) is 0 Å². The summed E-state index contributed by atoms with van der Waals surface area (Å²) in [5.41, 5.74) is 0. The first kappa shape index (κ1) is 14.3. The number of aliphatic hydroxyl groups excluding tert-OH is 1. The Morgan fingerprint density at radius 2 is 2.05 bits per heavy atom. The molecule has 1 heterocycles. The van der Waals surface area contributed by atoms with Crippen LogP contribution < -0.4 is 4.74 Å². The molecule has 2 rings (SSSR count). The van der Waals surface area contributed by atoms with Crippen LogP contribution in [-0.4, -0.2) is 42.4 Å². The topological polar surface area (TPSA) is 32.7 Å². The first-order valence-electron chi connectivity index (χ1n) is 6.94. The summed E-state index contributed by atoms with van der Waals surface area (Å²) in [6, 6.07) is 6.48. The Morgan fingerprint density at radius 1 is 1.37 bits per heavy atom. The second kappa shape index (κ2) is 6.87. The Morgan fingerprint density at radius 3 is 2.68 bits per heavy atom. The van der Waals surface area contributed by atoms with Gasteiger partial charge < -0.3 is 9.84 Å². The third-order valence-electron chi connectivity index (χ3n) is 3.82. The molecule has 0 radical (unpaired) electrons. The lowest BCUT2D eigenvalue weighted by molar-refractivity contribution is 0.0669. The first-order valence-corrected chi connectivity index (χ1v) is 6.94. The maximum absolute atomic E-state index is 13.3. The fourth-order valence-electron chi connectivity index (χ4n) is 2.51. The summed E-state index contributed by atoms with van der Waals surface area (Å²) >= 11 is 0. The van der Waals surface area contributed by atoms with Crippen LogP contribution in [0, 0.1) is 11.7 Å². The number of halogens is 1. The Bertz CT molecular complexity index is 389. The highest BCUT2D eigenvalue weighted by Crippen LogP contribution is 2.20. The molecule has 19 heavy (non-hydrogen) atoms. The summed E-state index contributed by atoms with van der Waals surface area (Å²) in [5.74, 6) is 0.431. The first-order chi connectivity index (χ1) is 9.16. The summed E-state index contributed by atoms with van der Waals surface area (Å²) in [5, 5.41) is 9.53. The van der Waals surface area contributed by atoms with Crippen LogP contribution in [0.15, 0.2) is 24.3 Å². The highest BCUT2D eigenvalue weighted by Gasteiger charge is 2.22. The Kier molecular flexibility index (Phi) is 5.16. The van der Waals surface area contributed by atoms with Crippen molar-refractivity contribution in [1.29, 1.82) is 0 Å². The van der Waals surface area contributed by atoms with Crippen LogP contribution >= 0.6 is 0 Å². The third-order valence-corrected chi connectivity index (χ3v) is 3.82. The van der Waals surface area contributed by atoms with Gasteiger partial charge in [0.2, 0.25) is 0 Å². The number of benzene rings is 1. The molecule has 0 aromatic heterocycles. The van der Waals surface area contributed by atoms with Crippen molar-refractivity contribution in [2.24, 2.45) is 5.92 Å². The number of hydrogen-bond acceptors (Lipinski definition) is 3. The summed E-state index contributed by atoms with van der Waals surface area (Å²) < 4.78 is 18.8. The molecule has 4 heteroatoms. The van der Waals surface area contributed by atoms with E-state index in [1.807, 2.05) is 6.92 Å². The molecule has 1 aromatic rings. The number of hydrogen-bond donors (Lipinski definition) is 1. The van der Waals surface area contributed by atoms with Gasteiger partial charge in [-0.2, -0.15) is 0 Å². The minimum atomic E-state index is -0.310. The van der Waals surface area contributed by atoms with E-state index in [1.54, 1.807) is 18.2 Å². The van der Waals surface area contributed by atoms with Crippen molar-refractivity contribution >= 4 is 0 Å². The molecule has 0 saturated carbocycles. The van der Waals surface area contributed by atoms with Crippen LogP contribution in [0.5, 0.6) is 5.75 Å². The van der Waals surface area contributed by atoms with Crippen molar-refractivity contribution in [2.45, 2.75) is 25.9 Å². The van der Waals surface area contributed by atoms with Crippen molar-refractivity contribution < 1.29 is 14.2 Å². The summed E-state index contributed by atoms with van der Waals surface area (Å²) in [4.78, 5) is 2.31. The quantitative estimate of drug-likeness (QED) is 0.888. The molecule has 1 aromatic carbocycles. The van der Waals surface area contributed by atoms with Crippen molar-refractivity contribution in [1.82, 2.24) is 4.90 Å². The van der Waals surface area contributed by atoms with Gasteiger partial charge in [0.05, 0.1) is 6.10 Å². The van der Waals surface area contributed by atoms with Crippen LogP contribution in [0.25, 0.3) is 0 Å². The average molecular weight is 267 g/mol. The Hall–Kier alpha value is -1.13. The second-order valence-electron chi connectivity index (χ2n) is 5.20. The largest absolute Gasteiger partial charge is 0.489 e. The molecule has 3 nitrogen and oxygen atoms in total. The van der Waals surface area contributed by atoms with Gasteiger partial charge in [0, 0.05) is 6.54 Å². The van der Waals surface area contributed by atoms with Crippen molar-refractivity contribution in [3.05, 3.63) is 30.1 Å². The Balaban J connectivity index is 1.69. The monoisotopic (exact) mass is 267 g/mol. The van der Waals surface area contributed by atoms with E-state index in [-0.39, 0.29) is 11.9 Å². The molecule has 1 aliphatic rings. The lowest BCUT2D eigenvalue weighted by Gasteiger charge is -2.33. The van der Waals surface area contributed by atoms with E-state index in [0.717, 1.165) is 32.5 Å². The maximum atomic E-state index is 13.3. The lowest BCUT2D eigenvalue weighted by atomic mass is 9.92. The highest BCUT2D eigenvalue weighted by atomic mass is 19.1. The zero-order valence-electron chi connectivity index (χ0n) is 11.4. The zero-order chi connectivity index (χ0) is 13.7. The van der Waals surface area contributed by atoms with E-state index in [2.05, 4.69) is 4.90 Å². The van der Waals surface area contributed by atoms with Gasteiger partial charge in [-0.25, -0.2) is 4.39 Å². The number of ether oxygens (including phenoxy) is 1. The van der Waals surface area contributed by atoms with Crippen LogP contribution in [0.3, 0.4) is 0 Å². The minimum Gasteiger partial charge on any atom is -0.489 e. The zero-order valence-corrected chi connectivity index (χ0v) is 11.4. The fraction of sp³-hybridized carbons (Fsp3) is 0.600. The van der Waals surface area contributed by atoms with Gasteiger partial charge in [-0.1, -0.05) is 12.1 Å². The molecule has 1 aliphatic heterocycles. The molecule has 0 amide bonds. The number of para-hydroxylation sites is 1. The van der Waals surface area contributed by atoms with Crippen LogP contribution in [0.2, 0.25) is 0 Å². The molecule has 1 atom stereocenters. The van der Waals surface area contributed by atoms with Gasteiger partial charge in [-0.15, -0.1) is 0 Å². The molecular weight excluding hydrogens is 245 g/mol. The van der Waals surface area contributed by atoms with Crippen LogP contribution in [-0.2, 0) is 0 Å². The predicted octanol–water partition coefficient (Wildman–Crippen LogP) is 2.30. The maximum Gasteiger partial charge on any atom is 0.165 e. The van der Waals surface area contributed by atoms with Gasteiger partial charge in [-0.3, -0.25) is 4.90 Å². The molecule has 0 bridgehead atoms. The van der Waals surface area contributed by atoms with Gasteiger partial charge in [0.1, 0.15) is 6.61 Å². The van der Waals surface area contributed by atoms with Crippen molar-refractivity contribution in [2.75, 3.05) is 26.2 Å². The predicted molar refractivity (Wildman–Crippen MR) is 72.7 cm³/mol. The number of nitrogens with zero attached hydrogens (tertiary/aromatic N) is 1. The summed E-state index contributed by atoms with van der Waals surface area (Å²) in [6.45, 7) is 5.13. The van der Waals surface area contributed by atoms with Crippen molar-refractivity contribution in [3.8, 4) is 5.75 Å².